The first-order valence-corrected chi connectivity index (χ1v) is 5.59. The summed E-state index contributed by atoms with van der Waals surface area (Å²) in [5.74, 6) is 2.72. The van der Waals surface area contributed by atoms with Gasteiger partial charge in [-0.15, -0.1) is 0 Å². The Balaban J connectivity index is 3.63. The van der Waals surface area contributed by atoms with Crippen molar-refractivity contribution in [2.75, 3.05) is 6.61 Å². The van der Waals surface area contributed by atoms with E-state index in [0.29, 0.717) is 18.4 Å². The second-order valence-corrected chi connectivity index (χ2v) is 4.94. The molecule has 3 unspecified atom stereocenters. The zero-order valence-electron chi connectivity index (χ0n) is 9.88. The second kappa shape index (κ2) is 6.42. The van der Waals surface area contributed by atoms with Gasteiger partial charge in [-0.1, -0.05) is 47.5 Å². The average Bonchev–Trinajstić information content (AvgIpc) is 2.11. The lowest BCUT2D eigenvalue weighted by atomic mass is 9.86. The summed E-state index contributed by atoms with van der Waals surface area (Å²) >= 11 is 0. The zero-order chi connectivity index (χ0) is 10.4. The van der Waals surface area contributed by atoms with Gasteiger partial charge in [-0.05, 0) is 23.7 Å². The van der Waals surface area contributed by atoms with Crippen LogP contribution in [0.15, 0.2) is 0 Å². The van der Waals surface area contributed by atoms with Gasteiger partial charge < -0.3 is 5.11 Å². The van der Waals surface area contributed by atoms with Gasteiger partial charge in [0.15, 0.2) is 0 Å². The van der Waals surface area contributed by atoms with Crippen molar-refractivity contribution in [3.8, 4) is 0 Å². The van der Waals surface area contributed by atoms with Crippen LogP contribution in [0.5, 0.6) is 0 Å². The molecular formula is C12H26O. The summed E-state index contributed by atoms with van der Waals surface area (Å²) in [7, 11) is 0. The van der Waals surface area contributed by atoms with Crippen molar-refractivity contribution in [3.05, 3.63) is 0 Å². The van der Waals surface area contributed by atoms with Crippen molar-refractivity contribution >= 4 is 0 Å². The largest absolute Gasteiger partial charge is 0.396 e. The summed E-state index contributed by atoms with van der Waals surface area (Å²) in [4.78, 5) is 0. The van der Waals surface area contributed by atoms with E-state index in [1.807, 2.05) is 0 Å². The fourth-order valence-electron chi connectivity index (χ4n) is 1.32. The second-order valence-electron chi connectivity index (χ2n) is 4.94. The van der Waals surface area contributed by atoms with Crippen LogP contribution in [0, 0.1) is 23.7 Å². The molecule has 1 heteroatoms. The van der Waals surface area contributed by atoms with Crippen LogP contribution in [0.4, 0.5) is 0 Å². The minimum atomic E-state index is 0.331. The number of rotatable bonds is 6. The summed E-state index contributed by atoms with van der Waals surface area (Å²) in [5, 5.41) is 8.98. The van der Waals surface area contributed by atoms with Crippen LogP contribution in [0.1, 0.15) is 47.5 Å². The predicted molar refractivity (Wildman–Crippen MR) is 58.6 cm³/mol. The van der Waals surface area contributed by atoms with Crippen molar-refractivity contribution in [2.45, 2.75) is 47.5 Å². The minimum Gasteiger partial charge on any atom is -0.396 e. The molecule has 0 bridgehead atoms. The highest BCUT2D eigenvalue weighted by molar-refractivity contribution is 4.64. The first-order valence-electron chi connectivity index (χ1n) is 5.59. The molecule has 0 fully saturated rings. The topological polar surface area (TPSA) is 20.2 Å². The fraction of sp³-hybridized carbons (Fsp3) is 1.00. The van der Waals surface area contributed by atoms with Gasteiger partial charge in [0.05, 0.1) is 0 Å². The fourth-order valence-corrected chi connectivity index (χ4v) is 1.32. The van der Waals surface area contributed by atoms with Gasteiger partial charge in [0.1, 0.15) is 0 Å². The van der Waals surface area contributed by atoms with E-state index < -0.39 is 0 Å². The molecule has 0 saturated heterocycles. The Morgan fingerprint density at radius 3 is 1.62 bits per heavy atom. The van der Waals surface area contributed by atoms with E-state index in [0.717, 1.165) is 11.8 Å². The smallest absolute Gasteiger partial charge is 0.0459 e. The molecule has 0 rings (SSSR count). The third-order valence-electron chi connectivity index (χ3n) is 3.47. The highest BCUT2D eigenvalue weighted by Crippen LogP contribution is 2.22. The third-order valence-corrected chi connectivity index (χ3v) is 3.47. The predicted octanol–water partition coefficient (Wildman–Crippen LogP) is 3.32. The van der Waals surface area contributed by atoms with Crippen molar-refractivity contribution < 1.29 is 5.11 Å². The molecule has 1 nitrogen and oxygen atoms in total. The average molecular weight is 186 g/mol. The Labute approximate surface area is 83.5 Å². The molecule has 0 saturated carbocycles. The Hall–Kier alpha value is -0.0400. The summed E-state index contributed by atoms with van der Waals surface area (Å²) < 4.78 is 0. The Kier molecular flexibility index (Phi) is 6.40. The summed E-state index contributed by atoms with van der Waals surface area (Å²) in [6.45, 7) is 11.6. The van der Waals surface area contributed by atoms with Crippen LogP contribution >= 0.6 is 0 Å². The van der Waals surface area contributed by atoms with Gasteiger partial charge in [0.25, 0.3) is 0 Å². The maximum Gasteiger partial charge on any atom is 0.0459 e. The van der Waals surface area contributed by atoms with Gasteiger partial charge >= 0.3 is 0 Å². The molecule has 3 atom stereocenters. The molecule has 0 spiro atoms. The molecular weight excluding hydrogens is 160 g/mol. The zero-order valence-corrected chi connectivity index (χ0v) is 9.88. The molecule has 0 aromatic heterocycles. The molecule has 1 N–H and O–H groups in total. The maximum atomic E-state index is 8.98. The summed E-state index contributed by atoms with van der Waals surface area (Å²) in [6.07, 6.45) is 2.55. The van der Waals surface area contributed by atoms with E-state index >= 15 is 0 Å². The van der Waals surface area contributed by atoms with Gasteiger partial charge in [-0.25, -0.2) is 0 Å². The van der Waals surface area contributed by atoms with Gasteiger partial charge in [0.2, 0.25) is 0 Å². The Morgan fingerprint density at radius 2 is 1.23 bits per heavy atom. The Morgan fingerprint density at radius 1 is 0.769 bits per heavy atom. The lowest BCUT2D eigenvalue weighted by molar-refractivity contribution is 0.183. The maximum absolute atomic E-state index is 8.98. The molecule has 0 heterocycles. The van der Waals surface area contributed by atoms with Crippen molar-refractivity contribution in [3.63, 3.8) is 0 Å². The molecule has 0 aliphatic rings. The SMILES string of the molecule is CC(C)C(C)CCC(C)C(C)CO. The lowest BCUT2D eigenvalue weighted by Crippen LogP contribution is -2.14. The molecule has 0 amide bonds. The van der Waals surface area contributed by atoms with Crippen LogP contribution < -0.4 is 0 Å². The number of aliphatic hydroxyl groups excluding tert-OH is 1. The molecule has 0 radical (unpaired) electrons. The standard InChI is InChI=1S/C12H26O/c1-9(2)10(3)6-7-11(4)12(5)8-13/h9-13H,6-8H2,1-5H3. The van der Waals surface area contributed by atoms with Crippen LogP contribution in [-0.4, -0.2) is 11.7 Å². The van der Waals surface area contributed by atoms with Crippen molar-refractivity contribution in [1.29, 1.82) is 0 Å². The van der Waals surface area contributed by atoms with Crippen LogP contribution in [0.3, 0.4) is 0 Å². The number of hydrogen-bond acceptors (Lipinski definition) is 1. The Bertz CT molecular complexity index is 120. The van der Waals surface area contributed by atoms with Crippen molar-refractivity contribution in [2.24, 2.45) is 23.7 Å². The van der Waals surface area contributed by atoms with Crippen LogP contribution in [0.25, 0.3) is 0 Å². The summed E-state index contributed by atoms with van der Waals surface area (Å²) in [6, 6.07) is 0. The first kappa shape index (κ1) is 13.0. The van der Waals surface area contributed by atoms with E-state index in [1.54, 1.807) is 0 Å². The third kappa shape index (κ3) is 5.30. The molecule has 0 aliphatic carbocycles. The molecule has 0 aromatic carbocycles. The molecule has 0 aromatic rings. The quantitative estimate of drug-likeness (QED) is 0.674. The first-order chi connectivity index (χ1) is 5.99. The molecule has 0 aliphatic heterocycles. The number of hydrogen-bond donors (Lipinski definition) is 1. The monoisotopic (exact) mass is 186 g/mol. The van der Waals surface area contributed by atoms with E-state index in [1.165, 1.54) is 12.8 Å². The molecule has 80 valence electrons. The highest BCUT2D eigenvalue weighted by atomic mass is 16.3. The number of aliphatic hydroxyl groups is 1. The van der Waals surface area contributed by atoms with Gasteiger partial charge in [-0.3, -0.25) is 0 Å². The van der Waals surface area contributed by atoms with E-state index in [4.69, 9.17) is 5.11 Å². The van der Waals surface area contributed by atoms with Crippen LogP contribution in [-0.2, 0) is 0 Å². The highest BCUT2D eigenvalue weighted by Gasteiger charge is 2.13. The van der Waals surface area contributed by atoms with Crippen LogP contribution in [0.2, 0.25) is 0 Å². The van der Waals surface area contributed by atoms with E-state index in [-0.39, 0.29) is 0 Å². The molecule has 13 heavy (non-hydrogen) atoms. The van der Waals surface area contributed by atoms with E-state index in [9.17, 15) is 0 Å². The normalized spacial score (nSPS) is 18.7. The van der Waals surface area contributed by atoms with Crippen molar-refractivity contribution in [1.82, 2.24) is 0 Å². The van der Waals surface area contributed by atoms with E-state index in [2.05, 4.69) is 34.6 Å². The summed E-state index contributed by atoms with van der Waals surface area (Å²) in [5.41, 5.74) is 0. The van der Waals surface area contributed by atoms with Gasteiger partial charge in [0, 0.05) is 6.61 Å². The van der Waals surface area contributed by atoms with Gasteiger partial charge in [-0.2, -0.15) is 0 Å². The minimum absolute atomic E-state index is 0.331. The lowest BCUT2D eigenvalue weighted by Gasteiger charge is -2.21.